The van der Waals surface area contributed by atoms with Crippen LogP contribution in [0.25, 0.3) is 0 Å². The second-order valence-corrected chi connectivity index (χ2v) is 6.13. The third-order valence-corrected chi connectivity index (χ3v) is 5.08. The molecule has 0 radical (unpaired) electrons. The van der Waals surface area contributed by atoms with Crippen LogP contribution in [0, 0.1) is 6.92 Å². The van der Waals surface area contributed by atoms with E-state index in [1.807, 2.05) is 36.9 Å². The molecule has 19 heavy (non-hydrogen) atoms. The Labute approximate surface area is 121 Å². The van der Waals surface area contributed by atoms with Crippen molar-refractivity contribution in [3.63, 3.8) is 0 Å². The minimum Gasteiger partial charge on any atom is -0.385 e. The summed E-state index contributed by atoms with van der Waals surface area (Å²) in [7, 11) is 1.93. The van der Waals surface area contributed by atoms with Gasteiger partial charge in [-0.3, -0.25) is 4.68 Å². The van der Waals surface area contributed by atoms with Crippen LogP contribution in [0.1, 0.15) is 28.9 Å². The lowest BCUT2D eigenvalue weighted by molar-refractivity contribution is 0.0369. The number of fused-ring (bicyclic) bond motifs is 1. The number of halogens is 1. The molecule has 0 amide bonds. The minimum atomic E-state index is -0.765. The maximum Gasteiger partial charge on any atom is 0.0957 e. The number of aliphatic hydroxyl groups is 1. The van der Waals surface area contributed by atoms with E-state index in [9.17, 15) is 5.11 Å². The van der Waals surface area contributed by atoms with Gasteiger partial charge >= 0.3 is 0 Å². The predicted octanol–water partition coefficient (Wildman–Crippen LogP) is 2.87. The smallest absolute Gasteiger partial charge is 0.0957 e. The highest BCUT2D eigenvalue weighted by Gasteiger charge is 2.37. The van der Waals surface area contributed by atoms with E-state index in [0.29, 0.717) is 6.42 Å². The third kappa shape index (κ3) is 2.03. The predicted molar refractivity (Wildman–Crippen MR) is 78.0 cm³/mol. The highest BCUT2D eigenvalue weighted by Crippen LogP contribution is 2.40. The van der Waals surface area contributed by atoms with Crippen LogP contribution < -0.4 is 0 Å². The van der Waals surface area contributed by atoms with Crippen LogP contribution in [0.2, 0.25) is 0 Å². The van der Waals surface area contributed by atoms with Crippen molar-refractivity contribution in [1.29, 1.82) is 0 Å². The molecule has 1 N–H and O–H groups in total. The monoisotopic (exact) mass is 320 g/mol. The molecule has 3 nitrogen and oxygen atoms in total. The number of hydrogen-bond donors (Lipinski definition) is 1. The summed E-state index contributed by atoms with van der Waals surface area (Å²) in [5.41, 5.74) is 3.59. The van der Waals surface area contributed by atoms with Gasteiger partial charge in [0.1, 0.15) is 0 Å². The lowest BCUT2D eigenvalue weighted by Crippen LogP contribution is -2.26. The van der Waals surface area contributed by atoms with Gasteiger partial charge in [-0.1, -0.05) is 24.3 Å². The van der Waals surface area contributed by atoms with Gasteiger partial charge in [-0.2, -0.15) is 5.10 Å². The molecule has 1 unspecified atom stereocenters. The number of rotatable bonds is 2. The molecule has 0 fully saturated rings. The zero-order chi connectivity index (χ0) is 13.6. The maximum absolute atomic E-state index is 11.0. The van der Waals surface area contributed by atoms with Gasteiger partial charge in [-0.05, 0) is 46.8 Å². The molecule has 0 bridgehead atoms. The summed E-state index contributed by atoms with van der Waals surface area (Å²) in [6, 6.07) is 8.18. The Bertz CT molecular complexity index is 635. The van der Waals surface area contributed by atoms with E-state index in [0.717, 1.165) is 34.3 Å². The fraction of sp³-hybridized carbons (Fsp3) is 0.400. The first-order valence-electron chi connectivity index (χ1n) is 6.50. The average molecular weight is 321 g/mol. The molecule has 0 spiro atoms. The van der Waals surface area contributed by atoms with E-state index >= 15 is 0 Å². The molecule has 100 valence electrons. The van der Waals surface area contributed by atoms with E-state index < -0.39 is 5.60 Å². The number of aryl methyl sites for hydroxylation is 3. The molecule has 1 aliphatic rings. The SMILES string of the molecule is Cc1nn(C)c(CC2(O)CCc3ccccc32)c1Br. The van der Waals surface area contributed by atoms with Crippen LogP contribution in [-0.4, -0.2) is 14.9 Å². The van der Waals surface area contributed by atoms with Crippen molar-refractivity contribution in [2.45, 2.75) is 31.8 Å². The molecule has 0 saturated heterocycles. The van der Waals surface area contributed by atoms with Crippen molar-refractivity contribution in [1.82, 2.24) is 9.78 Å². The van der Waals surface area contributed by atoms with E-state index in [2.05, 4.69) is 27.1 Å². The Hall–Kier alpha value is -1.13. The summed E-state index contributed by atoms with van der Waals surface area (Å²) in [6.07, 6.45) is 2.33. The second kappa shape index (κ2) is 4.46. The van der Waals surface area contributed by atoms with Crippen LogP contribution in [0.3, 0.4) is 0 Å². The minimum absolute atomic E-state index is 0.599. The zero-order valence-corrected chi connectivity index (χ0v) is 12.7. The molecule has 0 aliphatic heterocycles. The summed E-state index contributed by atoms with van der Waals surface area (Å²) in [5, 5.41) is 15.4. The Balaban J connectivity index is 2.00. The Morgan fingerprint density at radius 3 is 2.84 bits per heavy atom. The Kier molecular flexibility index (Phi) is 3.02. The molecule has 1 aromatic carbocycles. The van der Waals surface area contributed by atoms with Gasteiger partial charge in [0, 0.05) is 13.5 Å². The van der Waals surface area contributed by atoms with Gasteiger partial charge in [0.05, 0.1) is 21.5 Å². The molecule has 4 heteroatoms. The van der Waals surface area contributed by atoms with Crippen molar-refractivity contribution < 1.29 is 5.11 Å². The van der Waals surface area contributed by atoms with Crippen LogP contribution >= 0.6 is 15.9 Å². The van der Waals surface area contributed by atoms with Gasteiger partial charge in [0.2, 0.25) is 0 Å². The summed E-state index contributed by atoms with van der Waals surface area (Å²) in [6.45, 7) is 1.97. The van der Waals surface area contributed by atoms with Gasteiger partial charge in [0.25, 0.3) is 0 Å². The molecule has 1 aliphatic carbocycles. The molecule has 1 atom stereocenters. The maximum atomic E-state index is 11.0. The standard InChI is InChI=1S/C15H17BrN2O/c1-10-14(16)13(18(2)17-10)9-15(19)8-7-11-5-3-4-6-12(11)15/h3-6,19H,7-9H2,1-2H3. The van der Waals surface area contributed by atoms with Crippen molar-refractivity contribution >= 4 is 15.9 Å². The van der Waals surface area contributed by atoms with Gasteiger partial charge < -0.3 is 5.11 Å². The number of aromatic nitrogens is 2. The highest BCUT2D eigenvalue weighted by molar-refractivity contribution is 9.10. The highest BCUT2D eigenvalue weighted by atomic mass is 79.9. The molecule has 3 rings (SSSR count). The third-order valence-electron chi connectivity index (χ3n) is 4.05. The molecular weight excluding hydrogens is 304 g/mol. The molecule has 0 saturated carbocycles. The first-order valence-corrected chi connectivity index (χ1v) is 7.29. The topological polar surface area (TPSA) is 38.0 Å². The number of hydrogen-bond acceptors (Lipinski definition) is 2. The van der Waals surface area contributed by atoms with Gasteiger partial charge in [-0.25, -0.2) is 0 Å². The fourth-order valence-electron chi connectivity index (χ4n) is 3.00. The van der Waals surface area contributed by atoms with Crippen LogP contribution in [0.15, 0.2) is 28.7 Å². The molecule has 1 aromatic heterocycles. The van der Waals surface area contributed by atoms with Crippen LogP contribution in [-0.2, 0) is 25.5 Å². The van der Waals surface area contributed by atoms with E-state index in [1.165, 1.54) is 5.56 Å². The Morgan fingerprint density at radius 2 is 2.16 bits per heavy atom. The quantitative estimate of drug-likeness (QED) is 0.924. The van der Waals surface area contributed by atoms with Gasteiger partial charge in [0.15, 0.2) is 0 Å². The molecule has 1 heterocycles. The van der Waals surface area contributed by atoms with Crippen molar-refractivity contribution in [3.8, 4) is 0 Å². The summed E-state index contributed by atoms with van der Waals surface area (Å²) in [4.78, 5) is 0. The van der Waals surface area contributed by atoms with Crippen molar-refractivity contribution in [2.75, 3.05) is 0 Å². The van der Waals surface area contributed by atoms with Crippen LogP contribution in [0.5, 0.6) is 0 Å². The largest absolute Gasteiger partial charge is 0.385 e. The lowest BCUT2D eigenvalue weighted by atomic mass is 9.91. The van der Waals surface area contributed by atoms with Gasteiger partial charge in [-0.15, -0.1) is 0 Å². The fourth-order valence-corrected chi connectivity index (χ4v) is 3.48. The van der Waals surface area contributed by atoms with E-state index in [-0.39, 0.29) is 0 Å². The average Bonchev–Trinajstić information content (AvgIpc) is 2.84. The normalized spacial score (nSPS) is 21.7. The number of benzene rings is 1. The molecular formula is C15H17BrN2O. The zero-order valence-electron chi connectivity index (χ0n) is 11.2. The summed E-state index contributed by atoms with van der Waals surface area (Å²) < 4.78 is 2.87. The Morgan fingerprint density at radius 1 is 1.42 bits per heavy atom. The first kappa shape index (κ1) is 12.9. The second-order valence-electron chi connectivity index (χ2n) is 5.34. The van der Waals surface area contributed by atoms with Crippen molar-refractivity contribution in [2.24, 2.45) is 7.05 Å². The van der Waals surface area contributed by atoms with Crippen LogP contribution in [0.4, 0.5) is 0 Å². The van der Waals surface area contributed by atoms with Crippen molar-refractivity contribution in [3.05, 3.63) is 51.3 Å². The first-order chi connectivity index (χ1) is 9.01. The van der Waals surface area contributed by atoms with E-state index in [4.69, 9.17) is 0 Å². The lowest BCUT2D eigenvalue weighted by Gasteiger charge is -2.24. The van der Waals surface area contributed by atoms with E-state index in [1.54, 1.807) is 0 Å². The molecule has 2 aromatic rings. The number of nitrogens with zero attached hydrogens (tertiary/aromatic N) is 2. The summed E-state index contributed by atoms with van der Waals surface area (Å²) in [5.74, 6) is 0. The summed E-state index contributed by atoms with van der Waals surface area (Å²) >= 11 is 3.58.